The molecule has 0 unspecified atom stereocenters. The molecule has 3 N–H and O–H groups in total. The molecule has 0 atom stereocenters. The molecule has 0 radical (unpaired) electrons. The summed E-state index contributed by atoms with van der Waals surface area (Å²) >= 11 is 0. The molecule has 1 fully saturated rings. The maximum Gasteiger partial charge on any atom is 0.414 e. The number of carbonyl (C=O) groups is 3. The normalized spacial score (nSPS) is 13.9. The smallest absolute Gasteiger partial charge is 0.391 e. The lowest BCUT2D eigenvalue weighted by Gasteiger charge is -2.20. The maximum atomic E-state index is 12.8. The molecule has 1 aromatic heterocycles. The van der Waals surface area contributed by atoms with Crippen LogP contribution in [0, 0.1) is 5.92 Å². The lowest BCUT2D eigenvalue weighted by Crippen LogP contribution is -2.31. The number of sulfonamides is 1. The van der Waals surface area contributed by atoms with Crippen LogP contribution in [0.2, 0.25) is 0 Å². The van der Waals surface area contributed by atoms with Gasteiger partial charge in [0.05, 0.1) is 17.1 Å². The molecule has 0 aliphatic heterocycles. The largest absolute Gasteiger partial charge is 0.414 e. The fourth-order valence-electron chi connectivity index (χ4n) is 4.14. The van der Waals surface area contributed by atoms with Gasteiger partial charge < -0.3 is 20.1 Å². The average molecular weight is 547 g/mol. The second kappa shape index (κ2) is 14.4. The summed E-state index contributed by atoms with van der Waals surface area (Å²) in [6.07, 6.45) is 7.15. The number of aromatic nitrogens is 1. The Labute approximate surface area is 222 Å². The van der Waals surface area contributed by atoms with E-state index in [9.17, 15) is 22.8 Å². The van der Waals surface area contributed by atoms with Crippen molar-refractivity contribution < 1.29 is 32.3 Å². The van der Waals surface area contributed by atoms with Gasteiger partial charge in [0.1, 0.15) is 0 Å². The minimum absolute atomic E-state index is 0.0182. The molecule has 2 aromatic rings. The minimum atomic E-state index is -4.15. The Morgan fingerprint density at radius 2 is 1.82 bits per heavy atom. The molecule has 1 heterocycles. The van der Waals surface area contributed by atoms with Gasteiger partial charge in [-0.05, 0) is 48.9 Å². The van der Waals surface area contributed by atoms with Crippen molar-refractivity contribution in [2.75, 3.05) is 26.8 Å². The number of benzene rings is 1. The van der Waals surface area contributed by atoms with Crippen LogP contribution in [0.3, 0.4) is 0 Å². The van der Waals surface area contributed by atoms with E-state index >= 15 is 0 Å². The van der Waals surface area contributed by atoms with Gasteiger partial charge in [0.15, 0.2) is 0 Å². The van der Waals surface area contributed by atoms with Crippen LogP contribution in [0.15, 0.2) is 47.5 Å². The van der Waals surface area contributed by atoms with Crippen molar-refractivity contribution in [3.05, 3.63) is 53.7 Å². The van der Waals surface area contributed by atoms with E-state index < -0.39 is 22.0 Å². The van der Waals surface area contributed by atoms with Crippen LogP contribution in [-0.4, -0.2) is 58.1 Å². The first kappa shape index (κ1) is 29.1. The Hall–Kier alpha value is -3.51. The number of methoxy groups -OCH3 is 1. The second-order valence-electron chi connectivity index (χ2n) is 9.08. The van der Waals surface area contributed by atoms with E-state index in [-0.39, 0.29) is 28.8 Å². The van der Waals surface area contributed by atoms with Gasteiger partial charge in [-0.3, -0.25) is 9.59 Å². The highest BCUT2D eigenvalue weighted by molar-refractivity contribution is 7.90. The molecule has 1 aromatic carbocycles. The van der Waals surface area contributed by atoms with Gasteiger partial charge in [-0.2, -0.15) is 0 Å². The van der Waals surface area contributed by atoms with E-state index in [4.69, 9.17) is 9.47 Å². The maximum absolute atomic E-state index is 12.8. The van der Waals surface area contributed by atoms with Gasteiger partial charge in [-0.15, -0.1) is 0 Å². The van der Waals surface area contributed by atoms with E-state index in [2.05, 4.69) is 15.6 Å². The Morgan fingerprint density at radius 3 is 2.53 bits per heavy atom. The molecule has 0 spiro atoms. The van der Waals surface area contributed by atoms with Gasteiger partial charge >= 0.3 is 6.09 Å². The molecule has 11 nitrogen and oxygen atoms in total. The van der Waals surface area contributed by atoms with Crippen molar-refractivity contribution in [3.63, 3.8) is 0 Å². The highest BCUT2D eigenvalue weighted by Crippen LogP contribution is 2.26. The number of carbonyl (C=O) groups excluding carboxylic acids is 3. The van der Waals surface area contributed by atoms with Crippen molar-refractivity contribution in [1.82, 2.24) is 20.3 Å². The molecular weight excluding hydrogens is 512 g/mol. The molecule has 3 rings (SSSR count). The number of nitrogens with zero attached hydrogens (tertiary/aromatic N) is 1. The summed E-state index contributed by atoms with van der Waals surface area (Å²) in [6, 6.07) is 8.78. The molecule has 0 saturated heterocycles. The Kier molecular flexibility index (Phi) is 11.0. The third kappa shape index (κ3) is 9.42. The van der Waals surface area contributed by atoms with E-state index in [1.54, 1.807) is 12.1 Å². The van der Waals surface area contributed by atoms with Crippen molar-refractivity contribution in [2.45, 2.75) is 49.8 Å². The van der Waals surface area contributed by atoms with Crippen LogP contribution < -0.4 is 20.1 Å². The van der Waals surface area contributed by atoms with Crippen LogP contribution in [-0.2, 0) is 26.0 Å². The van der Waals surface area contributed by atoms with Gasteiger partial charge in [-0.25, -0.2) is 22.9 Å². The first-order valence-electron chi connectivity index (χ1n) is 12.6. The highest BCUT2D eigenvalue weighted by Gasteiger charge is 2.20. The molecule has 1 saturated carbocycles. The fourth-order valence-corrected chi connectivity index (χ4v) is 5.19. The van der Waals surface area contributed by atoms with Crippen LogP contribution in [0.4, 0.5) is 4.79 Å². The summed E-state index contributed by atoms with van der Waals surface area (Å²) in [5.41, 5.74) is 0.683. The average Bonchev–Trinajstić information content (AvgIpc) is 2.90. The van der Waals surface area contributed by atoms with E-state index in [1.807, 2.05) is 4.72 Å². The van der Waals surface area contributed by atoms with E-state index in [1.165, 1.54) is 50.6 Å². The zero-order chi connectivity index (χ0) is 27.4. The zero-order valence-electron chi connectivity index (χ0n) is 21.4. The summed E-state index contributed by atoms with van der Waals surface area (Å²) in [4.78, 5) is 40.2. The Morgan fingerprint density at radius 1 is 1.03 bits per heavy atom. The lowest BCUT2D eigenvalue weighted by atomic mass is 9.87. The van der Waals surface area contributed by atoms with Crippen molar-refractivity contribution in [3.8, 4) is 5.88 Å². The molecule has 1 aliphatic carbocycles. The van der Waals surface area contributed by atoms with Crippen LogP contribution in [0.1, 0.15) is 54.4 Å². The monoisotopic (exact) mass is 546 g/mol. The van der Waals surface area contributed by atoms with Gasteiger partial charge in [0.25, 0.3) is 15.9 Å². The van der Waals surface area contributed by atoms with Gasteiger partial charge in [0, 0.05) is 38.9 Å². The summed E-state index contributed by atoms with van der Waals surface area (Å²) < 4.78 is 37.4. The highest BCUT2D eigenvalue weighted by atomic mass is 32.2. The quantitative estimate of drug-likeness (QED) is 0.344. The number of rotatable bonds is 12. The summed E-state index contributed by atoms with van der Waals surface area (Å²) in [6.45, 7) is 0.964. The predicted molar refractivity (Wildman–Crippen MR) is 139 cm³/mol. The molecular formula is C26H34N4O7S. The minimum Gasteiger partial charge on any atom is -0.391 e. The third-order valence-corrected chi connectivity index (χ3v) is 7.47. The molecule has 12 heteroatoms. The summed E-state index contributed by atoms with van der Waals surface area (Å²) in [5.74, 6) is -0.470. The first-order chi connectivity index (χ1) is 18.3. The number of hydrogen-bond acceptors (Lipinski definition) is 8. The van der Waals surface area contributed by atoms with Crippen molar-refractivity contribution >= 4 is 27.9 Å². The van der Waals surface area contributed by atoms with Crippen LogP contribution in [0.25, 0.3) is 0 Å². The molecule has 0 bridgehead atoms. The fraction of sp³-hybridized carbons (Fsp3) is 0.462. The summed E-state index contributed by atoms with van der Waals surface area (Å²) in [5, 5.41) is 5.37. The number of nitrogens with one attached hydrogen (secondary N) is 3. The predicted octanol–water partition coefficient (Wildman–Crippen LogP) is 2.56. The van der Waals surface area contributed by atoms with Crippen molar-refractivity contribution in [2.24, 2.45) is 5.92 Å². The van der Waals surface area contributed by atoms with Gasteiger partial charge in [-0.1, -0.05) is 31.4 Å². The molecule has 1 aliphatic rings. The third-order valence-electron chi connectivity index (χ3n) is 6.14. The topological polar surface area (TPSA) is 153 Å². The lowest BCUT2D eigenvalue weighted by molar-refractivity contribution is -0.122. The molecule has 3 amide bonds. The van der Waals surface area contributed by atoms with Gasteiger partial charge in [0.2, 0.25) is 11.8 Å². The number of amides is 3. The standard InChI is InChI=1S/C26H34N4O7S/c1-36-15-14-28-26(33)37-24-11-10-21(18-29-24)25(32)30-38(34,35)22-9-5-8-20(16-22)12-13-27-23(31)17-19-6-3-2-4-7-19/h5,8-11,16,18-19H,2-4,6-7,12-15,17H2,1H3,(H,27,31)(H,28,33)(H,30,32). The zero-order valence-corrected chi connectivity index (χ0v) is 22.2. The summed E-state index contributed by atoms with van der Waals surface area (Å²) in [7, 11) is -2.66. The molecule has 206 valence electrons. The Balaban J connectivity index is 1.50. The number of pyridine rings is 1. The first-order valence-corrected chi connectivity index (χ1v) is 14.1. The molecule has 38 heavy (non-hydrogen) atoms. The van der Waals surface area contributed by atoms with Crippen LogP contribution in [0.5, 0.6) is 5.88 Å². The van der Waals surface area contributed by atoms with E-state index in [0.29, 0.717) is 37.5 Å². The van der Waals surface area contributed by atoms with Crippen LogP contribution >= 0.6 is 0 Å². The van der Waals surface area contributed by atoms with E-state index in [0.717, 1.165) is 19.0 Å². The Bertz CT molecular complexity index is 1200. The number of hydrogen-bond donors (Lipinski definition) is 3. The number of ether oxygens (including phenoxy) is 2. The van der Waals surface area contributed by atoms with Crippen molar-refractivity contribution in [1.29, 1.82) is 0 Å². The SMILES string of the molecule is COCCNC(=O)Oc1ccc(C(=O)NS(=O)(=O)c2cccc(CCNC(=O)CC3CCCCC3)c2)cn1. The second-order valence-corrected chi connectivity index (χ2v) is 10.8.